The number of nitrogens with zero attached hydrogens (tertiary/aromatic N) is 1. The van der Waals surface area contributed by atoms with Crippen molar-refractivity contribution in [2.24, 2.45) is 0 Å². The maximum atomic E-state index is 12.0. The molecule has 1 unspecified atom stereocenters. The van der Waals surface area contributed by atoms with Crippen molar-refractivity contribution in [1.29, 1.82) is 5.26 Å². The number of esters is 1. The highest BCUT2D eigenvalue weighted by molar-refractivity contribution is 5.97. The lowest BCUT2D eigenvalue weighted by Crippen LogP contribution is -2.28. The minimum Gasteiger partial charge on any atom is -0.469 e. The van der Waals surface area contributed by atoms with Crippen LogP contribution in [0.25, 0.3) is 0 Å². The smallest absolute Gasteiger partial charge is 0.307 e. The van der Waals surface area contributed by atoms with Crippen LogP contribution in [0, 0.1) is 11.3 Å². The van der Waals surface area contributed by atoms with Gasteiger partial charge in [0.25, 0.3) is 5.91 Å². The van der Waals surface area contributed by atoms with Gasteiger partial charge in [0, 0.05) is 12.7 Å². The number of amides is 1. The van der Waals surface area contributed by atoms with E-state index in [0.29, 0.717) is 6.54 Å². The number of nitriles is 1. The van der Waals surface area contributed by atoms with E-state index in [1.807, 2.05) is 43.3 Å². The number of ether oxygens (including phenoxy) is 1. The average molecular weight is 301 g/mol. The van der Waals surface area contributed by atoms with Gasteiger partial charge in [-0.25, -0.2) is 0 Å². The Morgan fingerprint density at radius 1 is 1.36 bits per heavy atom. The standard InChI is InChI=1S/C16H19N3O3/c1-12(13-6-4-3-5-7-13)19-16(21)14(10-17)11-18-9-8-15(20)22-2/h3-7,11-12,18H,8-9H2,1-2H3,(H,19,21)/b14-11-. The number of carbonyl (C=O) groups is 2. The molecule has 1 rings (SSSR count). The molecule has 116 valence electrons. The summed E-state index contributed by atoms with van der Waals surface area (Å²) in [6.45, 7) is 2.13. The lowest BCUT2D eigenvalue weighted by atomic mass is 10.1. The second-order valence-corrected chi connectivity index (χ2v) is 4.56. The largest absolute Gasteiger partial charge is 0.469 e. The molecule has 0 radical (unpaired) electrons. The summed E-state index contributed by atoms with van der Waals surface area (Å²) in [6, 6.07) is 11.1. The lowest BCUT2D eigenvalue weighted by Gasteiger charge is -2.13. The Morgan fingerprint density at radius 3 is 2.64 bits per heavy atom. The van der Waals surface area contributed by atoms with Crippen LogP contribution in [-0.4, -0.2) is 25.5 Å². The molecule has 0 bridgehead atoms. The monoisotopic (exact) mass is 301 g/mol. The molecule has 22 heavy (non-hydrogen) atoms. The molecular formula is C16H19N3O3. The minimum absolute atomic E-state index is 0.0485. The molecule has 2 N–H and O–H groups in total. The number of hydrogen-bond acceptors (Lipinski definition) is 5. The number of benzene rings is 1. The summed E-state index contributed by atoms with van der Waals surface area (Å²) < 4.78 is 4.49. The van der Waals surface area contributed by atoms with Crippen LogP contribution in [0.4, 0.5) is 0 Å². The van der Waals surface area contributed by atoms with Gasteiger partial charge in [-0.2, -0.15) is 5.26 Å². The molecule has 1 aromatic rings. The van der Waals surface area contributed by atoms with Gasteiger partial charge in [-0.1, -0.05) is 30.3 Å². The van der Waals surface area contributed by atoms with E-state index in [0.717, 1.165) is 5.56 Å². The van der Waals surface area contributed by atoms with Gasteiger partial charge in [0.05, 0.1) is 19.6 Å². The van der Waals surface area contributed by atoms with Gasteiger partial charge in [-0.15, -0.1) is 0 Å². The third-order valence-corrected chi connectivity index (χ3v) is 2.96. The number of hydrogen-bond donors (Lipinski definition) is 2. The third-order valence-electron chi connectivity index (χ3n) is 2.96. The zero-order chi connectivity index (χ0) is 16.4. The van der Waals surface area contributed by atoms with E-state index >= 15 is 0 Å². The molecule has 1 atom stereocenters. The maximum Gasteiger partial charge on any atom is 0.307 e. The molecule has 0 aromatic heterocycles. The van der Waals surface area contributed by atoms with E-state index in [1.54, 1.807) is 0 Å². The molecule has 0 saturated heterocycles. The molecule has 0 saturated carbocycles. The fourth-order valence-electron chi connectivity index (χ4n) is 1.70. The molecule has 1 aromatic carbocycles. The van der Waals surface area contributed by atoms with Gasteiger partial charge < -0.3 is 15.4 Å². The van der Waals surface area contributed by atoms with Crippen molar-refractivity contribution in [1.82, 2.24) is 10.6 Å². The molecule has 0 aliphatic rings. The molecular weight excluding hydrogens is 282 g/mol. The SMILES string of the molecule is COC(=O)CCN/C=C(/C#N)C(=O)NC(C)c1ccccc1. The molecule has 0 aliphatic carbocycles. The predicted molar refractivity (Wildman–Crippen MR) is 81.3 cm³/mol. The highest BCUT2D eigenvalue weighted by Gasteiger charge is 2.13. The quantitative estimate of drug-likeness (QED) is 0.344. The van der Waals surface area contributed by atoms with Crippen LogP contribution in [0.15, 0.2) is 42.1 Å². The Labute approximate surface area is 129 Å². The van der Waals surface area contributed by atoms with Crippen LogP contribution < -0.4 is 10.6 Å². The van der Waals surface area contributed by atoms with E-state index < -0.39 is 5.91 Å². The van der Waals surface area contributed by atoms with E-state index in [1.165, 1.54) is 13.3 Å². The first-order valence-corrected chi connectivity index (χ1v) is 6.84. The summed E-state index contributed by atoms with van der Waals surface area (Å²) in [4.78, 5) is 22.9. The zero-order valence-corrected chi connectivity index (χ0v) is 12.6. The van der Waals surface area contributed by atoms with Gasteiger partial charge in [0.1, 0.15) is 11.6 Å². The molecule has 0 spiro atoms. The summed E-state index contributed by atoms with van der Waals surface area (Å²) in [6.07, 6.45) is 1.46. The predicted octanol–water partition coefficient (Wildman–Crippen LogP) is 1.42. The first-order chi connectivity index (χ1) is 10.6. The van der Waals surface area contributed by atoms with Crippen LogP contribution in [0.1, 0.15) is 24.9 Å². The van der Waals surface area contributed by atoms with Crippen molar-refractivity contribution in [2.45, 2.75) is 19.4 Å². The average Bonchev–Trinajstić information content (AvgIpc) is 2.55. The zero-order valence-electron chi connectivity index (χ0n) is 12.6. The van der Waals surface area contributed by atoms with Gasteiger partial charge in [-0.05, 0) is 12.5 Å². The first kappa shape index (κ1) is 17.2. The van der Waals surface area contributed by atoms with Gasteiger partial charge in [0.2, 0.25) is 0 Å². The van der Waals surface area contributed by atoms with E-state index in [2.05, 4.69) is 15.4 Å². The number of methoxy groups -OCH3 is 1. The lowest BCUT2D eigenvalue weighted by molar-refractivity contribution is -0.140. The number of rotatable bonds is 7. The topological polar surface area (TPSA) is 91.2 Å². The normalized spacial score (nSPS) is 12.0. The van der Waals surface area contributed by atoms with Crippen molar-refractivity contribution in [3.05, 3.63) is 47.7 Å². The van der Waals surface area contributed by atoms with Gasteiger partial charge >= 0.3 is 5.97 Å². The minimum atomic E-state index is -0.468. The summed E-state index contributed by atoms with van der Waals surface area (Å²) in [7, 11) is 1.30. The Kier molecular flexibility index (Phi) is 7.20. The van der Waals surface area contributed by atoms with E-state index in [9.17, 15) is 9.59 Å². The highest BCUT2D eigenvalue weighted by atomic mass is 16.5. The van der Waals surface area contributed by atoms with Crippen LogP contribution in [0.2, 0.25) is 0 Å². The van der Waals surface area contributed by atoms with Crippen molar-refractivity contribution >= 4 is 11.9 Å². The molecule has 1 amide bonds. The van der Waals surface area contributed by atoms with Crippen LogP contribution in [-0.2, 0) is 14.3 Å². The molecule has 6 nitrogen and oxygen atoms in total. The Morgan fingerprint density at radius 2 is 2.05 bits per heavy atom. The van der Waals surface area contributed by atoms with Crippen LogP contribution >= 0.6 is 0 Å². The second-order valence-electron chi connectivity index (χ2n) is 4.56. The molecule has 0 heterocycles. The fourth-order valence-corrected chi connectivity index (χ4v) is 1.70. The van der Waals surface area contributed by atoms with Crippen molar-refractivity contribution in [2.75, 3.05) is 13.7 Å². The van der Waals surface area contributed by atoms with Crippen molar-refractivity contribution < 1.29 is 14.3 Å². The van der Waals surface area contributed by atoms with E-state index in [-0.39, 0.29) is 24.0 Å². The van der Waals surface area contributed by atoms with Gasteiger partial charge in [0.15, 0.2) is 0 Å². The fraction of sp³-hybridized carbons (Fsp3) is 0.312. The third kappa shape index (κ3) is 5.67. The highest BCUT2D eigenvalue weighted by Crippen LogP contribution is 2.11. The maximum absolute atomic E-state index is 12.0. The Bertz CT molecular complexity index is 576. The second kappa shape index (κ2) is 9.19. The molecule has 0 aliphatic heterocycles. The first-order valence-electron chi connectivity index (χ1n) is 6.84. The summed E-state index contributed by atoms with van der Waals surface area (Å²) in [5.41, 5.74) is 0.902. The van der Waals surface area contributed by atoms with Gasteiger partial charge in [-0.3, -0.25) is 9.59 Å². The number of carbonyl (C=O) groups excluding carboxylic acids is 2. The van der Waals surface area contributed by atoms with E-state index in [4.69, 9.17) is 5.26 Å². The molecule has 0 fully saturated rings. The summed E-state index contributed by atoms with van der Waals surface area (Å²) in [5, 5.41) is 14.5. The Hall–Kier alpha value is -2.81. The van der Waals surface area contributed by atoms with Crippen LogP contribution in [0.5, 0.6) is 0 Å². The van der Waals surface area contributed by atoms with Crippen LogP contribution in [0.3, 0.4) is 0 Å². The van der Waals surface area contributed by atoms with Crippen molar-refractivity contribution in [3.8, 4) is 6.07 Å². The van der Waals surface area contributed by atoms with Crippen molar-refractivity contribution in [3.63, 3.8) is 0 Å². The summed E-state index contributed by atoms with van der Waals surface area (Å²) in [5.74, 6) is -0.828. The summed E-state index contributed by atoms with van der Waals surface area (Å²) >= 11 is 0. The number of nitrogens with one attached hydrogen (secondary N) is 2. The Balaban J connectivity index is 2.54. The molecule has 6 heteroatoms.